The van der Waals surface area contributed by atoms with Crippen LogP contribution in [0.3, 0.4) is 0 Å². The highest BCUT2D eigenvalue weighted by Crippen LogP contribution is 2.72. The number of hydrogen-bond donors (Lipinski definition) is 2. The average molecular weight is 437 g/mol. The Morgan fingerprint density at radius 1 is 1.27 bits per heavy atom. The van der Waals surface area contributed by atoms with Gasteiger partial charge in [-0.25, -0.2) is 4.39 Å². The number of carbonyl (C=O) groups is 1. The first-order valence-corrected chi connectivity index (χ1v) is 11.2. The predicted molar refractivity (Wildman–Crippen MR) is 112 cm³/mol. The molecule has 7 heteroatoms. The van der Waals surface area contributed by atoms with Crippen molar-refractivity contribution in [1.82, 2.24) is 0 Å². The molecule has 1 aliphatic heterocycles. The number of fused-ring (bicyclic) bond motifs is 7. The summed E-state index contributed by atoms with van der Waals surface area (Å²) in [6, 6.07) is 0. The number of rotatable bonds is 1. The Hall–Kier alpha value is -1.15. The zero-order valence-corrected chi connectivity index (χ0v) is 18.6. The van der Waals surface area contributed by atoms with E-state index in [1.165, 1.54) is 12.2 Å². The minimum absolute atomic E-state index is 0.0892. The monoisotopic (exact) mass is 436 g/mol. The molecule has 0 spiro atoms. The number of aliphatic hydroxyl groups is 2. The third-order valence-corrected chi connectivity index (χ3v) is 9.25. The van der Waals surface area contributed by atoms with Crippen molar-refractivity contribution in [2.45, 2.75) is 82.6 Å². The third kappa shape index (κ3) is 2.13. The van der Waals surface area contributed by atoms with E-state index in [9.17, 15) is 15.0 Å². The number of thiocarbonyl (C=S) groups is 1. The lowest BCUT2D eigenvalue weighted by Gasteiger charge is -2.62. The van der Waals surface area contributed by atoms with Crippen LogP contribution in [0.5, 0.6) is 0 Å². The van der Waals surface area contributed by atoms with Crippen LogP contribution in [-0.4, -0.2) is 50.3 Å². The summed E-state index contributed by atoms with van der Waals surface area (Å²) in [6.07, 6.45) is 4.48. The van der Waals surface area contributed by atoms with Gasteiger partial charge in [0.2, 0.25) is 0 Å². The number of alkyl halides is 1. The number of aliphatic hydroxyl groups excluding tert-OH is 2. The van der Waals surface area contributed by atoms with Crippen molar-refractivity contribution in [2.24, 2.45) is 22.7 Å². The highest BCUT2D eigenvalue weighted by molar-refractivity contribution is 7.80. The third-order valence-electron chi connectivity index (χ3n) is 8.95. The van der Waals surface area contributed by atoms with Crippen LogP contribution in [0, 0.1) is 22.7 Å². The number of halogens is 1. The Bertz CT molecular complexity index is 913. The lowest BCUT2D eigenvalue weighted by atomic mass is 9.45. The minimum atomic E-state index is -1.93. The van der Waals surface area contributed by atoms with Gasteiger partial charge < -0.3 is 19.7 Å². The van der Waals surface area contributed by atoms with E-state index in [1.807, 2.05) is 6.92 Å². The van der Waals surface area contributed by atoms with E-state index in [0.29, 0.717) is 19.3 Å². The van der Waals surface area contributed by atoms with Gasteiger partial charge in [0.15, 0.2) is 27.9 Å². The van der Waals surface area contributed by atoms with Gasteiger partial charge in [0.1, 0.15) is 0 Å². The molecule has 4 fully saturated rings. The first kappa shape index (κ1) is 20.7. The number of carbonyl (C=O) groups excluding carboxylic acids is 1. The Labute approximate surface area is 181 Å². The van der Waals surface area contributed by atoms with Crippen LogP contribution < -0.4 is 0 Å². The van der Waals surface area contributed by atoms with Crippen LogP contribution >= 0.6 is 12.2 Å². The molecular formula is C23H29FO5S. The molecule has 4 aliphatic carbocycles. The second-order valence-electron chi connectivity index (χ2n) is 10.6. The number of allylic oxidation sites excluding steroid dienone is 4. The second kappa shape index (κ2) is 5.80. The first-order chi connectivity index (χ1) is 13.8. The predicted octanol–water partition coefficient (Wildman–Crippen LogP) is 3.74. The summed E-state index contributed by atoms with van der Waals surface area (Å²) in [5.41, 5.74) is -4.26. The van der Waals surface area contributed by atoms with Gasteiger partial charge in [-0.1, -0.05) is 18.6 Å². The molecule has 0 aromatic heterocycles. The highest BCUT2D eigenvalue weighted by atomic mass is 32.1. The van der Waals surface area contributed by atoms with Crippen molar-refractivity contribution >= 4 is 23.1 Å². The highest BCUT2D eigenvalue weighted by Gasteiger charge is 2.79. The smallest absolute Gasteiger partial charge is 0.193 e. The topological polar surface area (TPSA) is 76.0 Å². The zero-order chi connectivity index (χ0) is 21.9. The summed E-state index contributed by atoms with van der Waals surface area (Å²) >= 11 is 5.28. The van der Waals surface area contributed by atoms with E-state index >= 15 is 4.39 Å². The van der Waals surface area contributed by atoms with Crippen molar-refractivity contribution < 1.29 is 28.9 Å². The van der Waals surface area contributed by atoms with Gasteiger partial charge in [0.25, 0.3) is 0 Å². The van der Waals surface area contributed by atoms with Crippen molar-refractivity contribution in [3.8, 4) is 0 Å². The van der Waals surface area contributed by atoms with E-state index in [1.54, 1.807) is 26.8 Å². The lowest BCUT2D eigenvalue weighted by molar-refractivity contribution is -0.237. The zero-order valence-electron chi connectivity index (χ0n) is 17.8. The molecule has 8 atom stereocenters. The van der Waals surface area contributed by atoms with E-state index in [0.717, 1.165) is 5.57 Å². The largest absolute Gasteiger partial charge is 0.500 e. The SMILES string of the molecule is CC1(C)O[C@@H]2C[C@H]3[C@@H]4CCC5=CC(=O)C=C[C@]5(C)[C@@]4(F)[C@@H](O)C[C@]3(C)[C@]2(C(O)=S)O1. The molecule has 2 N–H and O–H groups in total. The van der Waals surface area contributed by atoms with Crippen LogP contribution in [-0.2, 0) is 14.3 Å². The minimum Gasteiger partial charge on any atom is -0.500 e. The molecule has 3 saturated carbocycles. The maximum absolute atomic E-state index is 17.1. The van der Waals surface area contributed by atoms with Crippen molar-refractivity contribution in [3.63, 3.8) is 0 Å². The van der Waals surface area contributed by atoms with Crippen LogP contribution in [0.25, 0.3) is 0 Å². The average Bonchev–Trinajstić information content (AvgIpc) is 3.04. The van der Waals surface area contributed by atoms with Crippen molar-refractivity contribution in [1.29, 1.82) is 0 Å². The number of ether oxygens (including phenoxy) is 2. The van der Waals surface area contributed by atoms with Gasteiger partial charge in [-0.05, 0) is 76.7 Å². The van der Waals surface area contributed by atoms with Crippen molar-refractivity contribution in [2.75, 3.05) is 0 Å². The van der Waals surface area contributed by atoms with Gasteiger partial charge in [0, 0.05) is 16.7 Å². The van der Waals surface area contributed by atoms with E-state index in [-0.39, 0.29) is 23.2 Å². The fourth-order valence-electron chi connectivity index (χ4n) is 7.68. The maximum Gasteiger partial charge on any atom is 0.193 e. The van der Waals surface area contributed by atoms with E-state index < -0.39 is 46.0 Å². The van der Waals surface area contributed by atoms with E-state index in [4.69, 9.17) is 21.7 Å². The molecule has 0 radical (unpaired) electrons. The molecule has 0 aromatic rings. The molecule has 1 saturated heterocycles. The quantitative estimate of drug-likeness (QED) is 0.610. The Balaban J connectivity index is 1.64. The Morgan fingerprint density at radius 2 is 1.97 bits per heavy atom. The maximum atomic E-state index is 17.1. The normalized spacial score (nSPS) is 53.4. The van der Waals surface area contributed by atoms with Crippen LogP contribution in [0.1, 0.15) is 53.4 Å². The summed E-state index contributed by atoms with van der Waals surface area (Å²) in [7, 11) is 0. The molecule has 30 heavy (non-hydrogen) atoms. The molecule has 0 bridgehead atoms. The van der Waals surface area contributed by atoms with Gasteiger partial charge in [0.05, 0.1) is 12.2 Å². The van der Waals surface area contributed by atoms with Gasteiger partial charge in [-0.15, -0.1) is 0 Å². The Morgan fingerprint density at radius 3 is 2.63 bits per heavy atom. The molecule has 1 heterocycles. The molecule has 0 aromatic carbocycles. The molecule has 0 unspecified atom stereocenters. The first-order valence-electron chi connectivity index (χ1n) is 10.7. The molecule has 5 rings (SSSR count). The molecule has 164 valence electrons. The molecular weight excluding hydrogens is 407 g/mol. The van der Waals surface area contributed by atoms with Gasteiger partial charge >= 0.3 is 0 Å². The summed E-state index contributed by atoms with van der Waals surface area (Å²) < 4.78 is 29.5. The lowest BCUT2D eigenvalue weighted by Crippen LogP contribution is -2.69. The fourth-order valence-corrected chi connectivity index (χ4v) is 8.09. The summed E-state index contributed by atoms with van der Waals surface area (Å²) in [5.74, 6) is -1.73. The van der Waals surface area contributed by atoms with Crippen LogP contribution in [0.15, 0.2) is 23.8 Å². The summed E-state index contributed by atoms with van der Waals surface area (Å²) in [6.45, 7) is 7.30. The van der Waals surface area contributed by atoms with Gasteiger partial charge in [-0.2, -0.15) is 0 Å². The standard InChI is InChI=1S/C23H29FO5S/c1-19(2)28-17-10-15-14-6-5-12-9-13(25)7-8-20(12,3)22(14,24)16(26)11-21(15,4)23(17,29-19)18(27)30/h7-9,14-17,26H,5-6,10-11H2,1-4H3,(H,27,30)/t14-,15-,16-,17+,20-,21-,22-,23-/m0/s1. The molecule has 5 aliphatic rings. The molecule has 5 nitrogen and oxygen atoms in total. The summed E-state index contributed by atoms with van der Waals surface area (Å²) in [4.78, 5) is 11.9. The number of ketones is 1. The van der Waals surface area contributed by atoms with E-state index in [2.05, 4.69) is 0 Å². The summed E-state index contributed by atoms with van der Waals surface area (Å²) in [5, 5.41) is 21.7. The van der Waals surface area contributed by atoms with Crippen LogP contribution in [0.4, 0.5) is 4.39 Å². The van der Waals surface area contributed by atoms with Crippen LogP contribution in [0.2, 0.25) is 0 Å². The Kier molecular flexibility index (Phi) is 4.01. The van der Waals surface area contributed by atoms with Crippen molar-refractivity contribution in [3.05, 3.63) is 23.8 Å². The molecule has 0 amide bonds. The number of hydrogen-bond acceptors (Lipinski definition) is 5. The fraction of sp³-hybridized carbons (Fsp3) is 0.739. The van der Waals surface area contributed by atoms with Gasteiger partial charge in [-0.3, -0.25) is 4.79 Å². The second-order valence-corrected chi connectivity index (χ2v) is 11.0.